The molecular weight excluding hydrogens is 626 g/mol. The van der Waals surface area contributed by atoms with Crippen molar-refractivity contribution in [1.29, 1.82) is 0 Å². The number of carboxylic acids is 1. The smallest absolute Gasteiger partial charge is 0.408 e. The van der Waals surface area contributed by atoms with Crippen LogP contribution in [0.15, 0.2) is 66.7 Å². The Labute approximate surface area is 285 Å². The maximum absolute atomic E-state index is 14.3. The molecule has 0 spiro atoms. The molecule has 3 N–H and O–H groups in total. The summed E-state index contributed by atoms with van der Waals surface area (Å²) < 4.78 is 5.47. The van der Waals surface area contributed by atoms with Gasteiger partial charge in [0.05, 0.1) is 6.04 Å². The van der Waals surface area contributed by atoms with Gasteiger partial charge in [-0.3, -0.25) is 9.59 Å². The number of nitrogens with zero attached hydrogens (tertiary/aromatic N) is 5. The molecule has 2 fully saturated rings. The zero-order valence-electron chi connectivity index (χ0n) is 28.0. The number of rotatable bonds is 5. The highest BCUT2D eigenvalue weighted by Gasteiger charge is 2.61. The molecule has 0 radical (unpaired) electrons. The molecule has 3 aliphatic rings. The van der Waals surface area contributed by atoms with Crippen LogP contribution in [-0.4, -0.2) is 83.9 Å². The first-order valence-corrected chi connectivity index (χ1v) is 16.9. The predicted molar refractivity (Wildman–Crippen MR) is 180 cm³/mol. The molecule has 1 saturated carbocycles. The minimum atomic E-state index is -1.43. The first-order valence-electron chi connectivity index (χ1n) is 16.9. The lowest BCUT2D eigenvalue weighted by atomic mass is 10.0. The van der Waals surface area contributed by atoms with Crippen molar-refractivity contribution in [1.82, 2.24) is 35.7 Å². The van der Waals surface area contributed by atoms with Crippen LogP contribution in [0.4, 0.5) is 4.79 Å². The van der Waals surface area contributed by atoms with Crippen molar-refractivity contribution in [2.45, 2.75) is 95.0 Å². The van der Waals surface area contributed by atoms with Crippen LogP contribution in [0.2, 0.25) is 0 Å². The average Bonchev–Trinajstić information content (AvgIpc) is 3.38. The van der Waals surface area contributed by atoms with E-state index in [0.29, 0.717) is 18.7 Å². The number of amides is 3. The maximum Gasteiger partial charge on any atom is 0.408 e. The van der Waals surface area contributed by atoms with Gasteiger partial charge in [0.1, 0.15) is 23.2 Å². The molecule has 6 rings (SSSR count). The summed E-state index contributed by atoms with van der Waals surface area (Å²) >= 11 is 0. The van der Waals surface area contributed by atoms with E-state index in [9.17, 15) is 24.3 Å². The lowest BCUT2D eigenvalue weighted by molar-refractivity contribution is -0.145. The van der Waals surface area contributed by atoms with Gasteiger partial charge in [0.15, 0.2) is 0 Å². The Hall–Kier alpha value is -5.07. The fraction of sp³-hybridized carbons (Fsp3) is 0.472. The number of aromatic nitrogens is 4. The molecule has 3 heterocycles. The number of ether oxygens (including phenoxy) is 1. The Morgan fingerprint density at radius 1 is 1.00 bits per heavy atom. The molecule has 5 atom stereocenters. The monoisotopic (exact) mass is 669 g/mol. The van der Waals surface area contributed by atoms with Gasteiger partial charge in [0.2, 0.25) is 17.6 Å². The Morgan fingerprint density at radius 3 is 2.43 bits per heavy atom. The number of aliphatic carboxylic acids is 1. The second-order valence-electron chi connectivity index (χ2n) is 14.1. The number of nitrogens with one attached hydrogen (secondary N) is 2. The van der Waals surface area contributed by atoms with Crippen LogP contribution in [0.25, 0.3) is 22.5 Å². The number of tetrazole rings is 1. The van der Waals surface area contributed by atoms with Crippen molar-refractivity contribution < 1.29 is 29.0 Å². The molecule has 2 aromatic carbocycles. The molecule has 3 amide bonds. The third-order valence-electron chi connectivity index (χ3n) is 9.33. The van der Waals surface area contributed by atoms with E-state index < -0.39 is 53.1 Å². The predicted octanol–water partition coefficient (Wildman–Crippen LogP) is 4.52. The summed E-state index contributed by atoms with van der Waals surface area (Å²) in [5.74, 6) is -2.08. The zero-order valence-corrected chi connectivity index (χ0v) is 28.0. The summed E-state index contributed by atoms with van der Waals surface area (Å²) in [5.41, 5.74) is 0.680. The molecule has 13 nitrogen and oxygen atoms in total. The molecule has 0 unspecified atom stereocenters. The van der Waals surface area contributed by atoms with Gasteiger partial charge in [-0.15, -0.1) is 10.2 Å². The molecule has 0 bridgehead atoms. The van der Waals surface area contributed by atoms with E-state index in [4.69, 9.17) is 4.74 Å². The van der Waals surface area contributed by atoms with Crippen molar-refractivity contribution in [3.63, 3.8) is 0 Å². The standard InChI is InChI=1S/C36H43N7O6/c1-35(2,3)49-34(48)37-28-15-11-6-4-5-10-14-26-21-36(26,33(46)47)38-31(44)29-20-27(22-42(29)32(28)45)43-40-30(39-41-43)25-18-16-24(17-19-25)23-12-8-7-9-13-23/h7-10,12-14,16-19,26-29H,4-6,11,15,20-22H2,1-3H3,(H,37,48)(H,38,44)(H,46,47)/t26-,27-,28+,29+,36-/m1/s1. The van der Waals surface area contributed by atoms with Crippen LogP contribution in [0, 0.1) is 5.92 Å². The number of hydrogen-bond donors (Lipinski definition) is 3. The Morgan fingerprint density at radius 2 is 1.71 bits per heavy atom. The molecule has 49 heavy (non-hydrogen) atoms. The maximum atomic E-state index is 14.3. The van der Waals surface area contributed by atoms with Crippen LogP contribution in [0.5, 0.6) is 0 Å². The second-order valence-corrected chi connectivity index (χ2v) is 14.1. The van der Waals surface area contributed by atoms with Crippen molar-refractivity contribution in [3.05, 3.63) is 66.7 Å². The van der Waals surface area contributed by atoms with Gasteiger partial charge in [-0.05, 0) is 62.8 Å². The first kappa shape index (κ1) is 33.8. The van der Waals surface area contributed by atoms with Crippen molar-refractivity contribution in [2.75, 3.05) is 6.54 Å². The molecule has 1 saturated heterocycles. The number of carboxylic acid groups (broad SMARTS) is 1. The summed E-state index contributed by atoms with van der Waals surface area (Å²) in [5, 5.41) is 28.8. The normalized spacial score (nSPS) is 26.1. The van der Waals surface area contributed by atoms with Crippen LogP contribution in [0.3, 0.4) is 0 Å². The Kier molecular flexibility index (Phi) is 9.53. The van der Waals surface area contributed by atoms with Crippen molar-refractivity contribution >= 4 is 23.9 Å². The third-order valence-corrected chi connectivity index (χ3v) is 9.33. The molecule has 1 aromatic heterocycles. The highest BCUT2D eigenvalue weighted by atomic mass is 16.6. The number of hydrogen-bond acceptors (Lipinski definition) is 8. The van der Waals surface area contributed by atoms with Crippen LogP contribution in [-0.2, 0) is 19.1 Å². The summed E-state index contributed by atoms with van der Waals surface area (Å²) in [7, 11) is 0. The van der Waals surface area contributed by atoms with Crippen LogP contribution >= 0.6 is 0 Å². The van der Waals surface area contributed by atoms with Gasteiger partial charge < -0.3 is 25.4 Å². The summed E-state index contributed by atoms with van der Waals surface area (Å²) in [4.78, 5) is 56.3. The van der Waals surface area contributed by atoms with Gasteiger partial charge in [0, 0.05) is 24.4 Å². The number of alkyl carbamates (subject to hydrolysis) is 1. The van der Waals surface area contributed by atoms with E-state index in [0.717, 1.165) is 36.0 Å². The molecular formula is C36H43N7O6. The van der Waals surface area contributed by atoms with E-state index in [-0.39, 0.29) is 25.3 Å². The topological polar surface area (TPSA) is 169 Å². The molecule has 1 aliphatic carbocycles. The largest absolute Gasteiger partial charge is 0.479 e. The number of carbonyl (C=O) groups is 4. The molecule has 2 aliphatic heterocycles. The van der Waals surface area contributed by atoms with E-state index in [1.807, 2.05) is 66.7 Å². The SMILES string of the molecule is CC(C)(C)OC(=O)N[C@H]1CCCCCC=C[C@@H]2C[C@@]2(C(=O)O)NC(=O)[C@@H]2C[C@@H](n3nnc(-c4ccc(-c5ccccc5)cc4)n3)CN2C1=O. The molecule has 13 heteroatoms. The number of carbonyl (C=O) groups excluding carboxylic acids is 3. The van der Waals surface area contributed by atoms with Crippen molar-refractivity contribution in [2.24, 2.45) is 5.92 Å². The minimum absolute atomic E-state index is 0.0650. The lowest BCUT2D eigenvalue weighted by Crippen LogP contribution is -2.56. The van der Waals surface area contributed by atoms with Crippen molar-refractivity contribution in [3.8, 4) is 22.5 Å². The van der Waals surface area contributed by atoms with Crippen LogP contribution < -0.4 is 10.6 Å². The minimum Gasteiger partial charge on any atom is -0.479 e. The Bertz CT molecular complexity index is 1720. The number of fused-ring (bicyclic) bond motifs is 2. The highest BCUT2D eigenvalue weighted by molar-refractivity contribution is 5.96. The van der Waals surface area contributed by atoms with Gasteiger partial charge in [0.25, 0.3) is 0 Å². The summed E-state index contributed by atoms with van der Waals surface area (Å²) in [6.07, 6.45) is 6.92. The van der Waals surface area contributed by atoms with E-state index in [1.54, 1.807) is 20.8 Å². The zero-order chi connectivity index (χ0) is 34.8. The lowest BCUT2D eigenvalue weighted by Gasteiger charge is -2.30. The second kappa shape index (κ2) is 13.8. The fourth-order valence-corrected chi connectivity index (χ4v) is 6.63. The van der Waals surface area contributed by atoms with Gasteiger partial charge >= 0.3 is 12.1 Å². The fourth-order valence-electron chi connectivity index (χ4n) is 6.63. The van der Waals surface area contributed by atoms with Crippen LogP contribution in [0.1, 0.15) is 71.8 Å². The first-order chi connectivity index (χ1) is 23.4. The quantitative estimate of drug-likeness (QED) is 0.331. The molecule has 3 aromatic rings. The van der Waals surface area contributed by atoms with Gasteiger partial charge in [-0.1, -0.05) is 79.6 Å². The van der Waals surface area contributed by atoms with E-state index in [1.165, 1.54) is 9.70 Å². The Balaban J connectivity index is 1.26. The highest BCUT2D eigenvalue weighted by Crippen LogP contribution is 2.45. The summed E-state index contributed by atoms with van der Waals surface area (Å²) in [6, 6.07) is 15.3. The average molecular weight is 670 g/mol. The van der Waals surface area contributed by atoms with Gasteiger partial charge in [-0.25, -0.2) is 9.59 Å². The molecule has 258 valence electrons. The van der Waals surface area contributed by atoms with E-state index in [2.05, 4.69) is 26.0 Å². The summed E-state index contributed by atoms with van der Waals surface area (Å²) in [6.45, 7) is 5.29. The van der Waals surface area contributed by atoms with Gasteiger partial charge in [-0.2, -0.15) is 4.80 Å². The third kappa shape index (κ3) is 7.65. The number of benzene rings is 2. The number of allylic oxidation sites excluding steroid dienone is 1. The van der Waals surface area contributed by atoms with E-state index >= 15 is 0 Å².